The first-order chi connectivity index (χ1) is 13.4. The number of hydrogen-bond donors (Lipinski definition) is 1. The van der Waals surface area contributed by atoms with Crippen molar-refractivity contribution in [2.24, 2.45) is 10.4 Å². The predicted molar refractivity (Wildman–Crippen MR) is 119 cm³/mol. The Kier molecular flexibility index (Phi) is 7.36. The maximum absolute atomic E-state index is 4.91. The zero-order valence-corrected chi connectivity index (χ0v) is 18.4. The Morgan fingerprint density at radius 3 is 2.46 bits per heavy atom. The minimum Gasteiger partial charge on any atom is -0.357 e. The summed E-state index contributed by atoms with van der Waals surface area (Å²) < 4.78 is 0. The number of guanidine groups is 1. The fourth-order valence-electron chi connectivity index (χ4n) is 4.15. The molecule has 156 valence electrons. The third kappa shape index (κ3) is 6.21. The van der Waals surface area contributed by atoms with E-state index in [1.165, 1.54) is 50.1 Å². The summed E-state index contributed by atoms with van der Waals surface area (Å²) in [4.78, 5) is 12.3. The summed E-state index contributed by atoms with van der Waals surface area (Å²) in [5, 5.41) is 3.47. The van der Waals surface area contributed by atoms with Crippen LogP contribution in [0, 0.1) is 5.41 Å². The molecule has 0 unspecified atom stereocenters. The highest BCUT2D eigenvalue weighted by Gasteiger charge is 2.30. The summed E-state index contributed by atoms with van der Waals surface area (Å²) in [7, 11) is 2.23. The molecule has 0 radical (unpaired) electrons. The minimum absolute atomic E-state index is 0.389. The molecule has 1 N–H and O–H groups in total. The maximum Gasteiger partial charge on any atom is 0.194 e. The number of nitrogens with one attached hydrogen (secondary N) is 1. The van der Waals surface area contributed by atoms with Crippen molar-refractivity contribution in [3.8, 4) is 0 Å². The van der Waals surface area contributed by atoms with Gasteiger partial charge < -0.3 is 15.1 Å². The summed E-state index contributed by atoms with van der Waals surface area (Å²) in [6, 6.07) is 9.07. The van der Waals surface area contributed by atoms with Crippen LogP contribution in [0.3, 0.4) is 0 Å². The average Bonchev–Trinajstić information content (AvgIpc) is 2.90. The zero-order valence-electron chi connectivity index (χ0n) is 18.4. The summed E-state index contributed by atoms with van der Waals surface area (Å²) in [6.45, 7) is 16.5. The standard InChI is InChI=1S/C23H39N5/c1-5-24-22(28-14-11-23(2,3)19-28)25-17-20-7-9-21(10-8-20)18-27-13-6-12-26(4)15-16-27/h7-10H,5-6,11-19H2,1-4H3,(H,24,25). The number of likely N-dealkylation sites (tertiary alicyclic amines) is 1. The molecular formula is C23H39N5. The van der Waals surface area contributed by atoms with Crippen LogP contribution in [0.2, 0.25) is 0 Å². The van der Waals surface area contributed by atoms with Gasteiger partial charge in [-0.05, 0) is 56.4 Å². The van der Waals surface area contributed by atoms with E-state index in [0.29, 0.717) is 5.41 Å². The van der Waals surface area contributed by atoms with Crippen LogP contribution < -0.4 is 5.32 Å². The van der Waals surface area contributed by atoms with E-state index in [4.69, 9.17) is 4.99 Å². The van der Waals surface area contributed by atoms with Crippen LogP contribution in [-0.2, 0) is 13.1 Å². The van der Waals surface area contributed by atoms with Crippen molar-refractivity contribution < 1.29 is 0 Å². The second-order valence-electron chi connectivity index (χ2n) is 9.26. The smallest absolute Gasteiger partial charge is 0.194 e. The molecule has 0 saturated carbocycles. The van der Waals surface area contributed by atoms with E-state index in [0.717, 1.165) is 38.7 Å². The zero-order chi connectivity index (χ0) is 20.0. The largest absolute Gasteiger partial charge is 0.357 e. The number of likely N-dealkylation sites (N-methyl/N-ethyl adjacent to an activating group) is 1. The first-order valence-corrected chi connectivity index (χ1v) is 11.0. The molecule has 1 aromatic rings. The molecular weight excluding hydrogens is 346 g/mol. The lowest BCUT2D eigenvalue weighted by molar-refractivity contribution is 0.269. The van der Waals surface area contributed by atoms with Crippen molar-refractivity contribution in [2.45, 2.75) is 46.7 Å². The molecule has 3 rings (SSSR count). The minimum atomic E-state index is 0.389. The predicted octanol–water partition coefficient (Wildman–Crippen LogP) is 3.02. The van der Waals surface area contributed by atoms with E-state index >= 15 is 0 Å². The summed E-state index contributed by atoms with van der Waals surface area (Å²) >= 11 is 0. The van der Waals surface area contributed by atoms with Crippen molar-refractivity contribution in [2.75, 3.05) is 52.9 Å². The van der Waals surface area contributed by atoms with Gasteiger partial charge in [0.2, 0.25) is 0 Å². The van der Waals surface area contributed by atoms with Crippen LogP contribution in [0.4, 0.5) is 0 Å². The Morgan fingerprint density at radius 2 is 1.79 bits per heavy atom. The number of rotatable bonds is 5. The summed E-state index contributed by atoms with van der Waals surface area (Å²) in [5.74, 6) is 1.06. The highest BCUT2D eigenvalue weighted by atomic mass is 15.3. The molecule has 2 aliphatic rings. The van der Waals surface area contributed by atoms with E-state index in [-0.39, 0.29) is 0 Å². The Bertz CT molecular complexity index is 637. The molecule has 5 nitrogen and oxygen atoms in total. The second kappa shape index (κ2) is 9.75. The van der Waals surface area contributed by atoms with Gasteiger partial charge in [0.05, 0.1) is 6.54 Å². The van der Waals surface area contributed by atoms with E-state index in [1.54, 1.807) is 0 Å². The molecule has 28 heavy (non-hydrogen) atoms. The molecule has 0 amide bonds. The van der Waals surface area contributed by atoms with Gasteiger partial charge in [0.25, 0.3) is 0 Å². The molecule has 0 bridgehead atoms. The van der Waals surface area contributed by atoms with Gasteiger partial charge in [-0.25, -0.2) is 4.99 Å². The first kappa shape index (κ1) is 21.1. The lowest BCUT2D eigenvalue weighted by Crippen LogP contribution is -2.40. The van der Waals surface area contributed by atoms with Crippen molar-refractivity contribution in [3.05, 3.63) is 35.4 Å². The Hall–Kier alpha value is -1.59. The van der Waals surface area contributed by atoms with Crippen LogP contribution in [0.25, 0.3) is 0 Å². The number of hydrogen-bond acceptors (Lipinski definition) is 3. The number of nitrogens with zero attached hydrogens (tertiary/aromatic N) is 4. The van der Waals surface area contributed by atoms with Gasteiger partial charge in [0.1, 0.15) is 0 Å². The normalized spacial score (nSPS) is 21.7. The monoisotopic (exact) mass is 385 g/mol. The van der Waals surface area contributed by atoms with Crippen molar-refractivity contribution >= 4 is 5.96 Å². The fraction of sp³-hybridized carbons (Fsp3) is 0.696. The molecule has 2 saturated heterocycles. The third-order valence-electron chi connectivity index (χ3n) is 5.96. The number of aliphatic imine (C=N–C) groups is 1. The molecule has 0 atom stereocenters. The molecule has 1 aromatic carbocycles. The van der Waals surface area contributed by atoms with E-state index < -0.39 is 0 Å². The lowest BCUT2D eigenvalue weighted by atomic mass is 9.93. The van der Waals surface area contributed by atoms with Crippen LogP contribution >= 0.6 is 0 Å². The summed E-state index contributed by atoms with van der Waals surface area (Å²) in [5.41, 5.74) is 3.08. The Balaban J connectivity index is 1.56. The molecule has 2 fully saturated rings. The molecule has 0 aromatic heterocycles. The quantitative estimate of drug-likeness (QED) is 0.624. The molecule has 2 heterocycles. The van der Waals surface area contributed by atoms with Gasteiger partial charge >= 0.3 is 0 Å². The maximum atomic E-state index is 4.91. The topological polar surface area (TPSA) is 34.1 Å². The van der Waals surface area contributed by atoms with E-state index in [1.807, 2.05) is 0 Å². The van der Waals surface area contributed by atoms with Gasteiger partial charge in [-0.3, -0.25) is 4.90 Å². The van der Waals surface area contributed by atoms with Gasteiger partial charge in [-0.1, -0.05) is 38.1 Å². The van der Waals surface area contributed by atoms with Crippen molar-refractivity contribution in [1.82, 2.24) is 20.0 Å². The Labute approximate surface area is 171 Å². The number of benzene rings is 1. The molecule has 2 aliphatic heterocycles. The van der Waals surface area contributed by atoms with E-state index in [2.05, 4.69) is 72.1 Å². The fourth-order valence-corrected chi connectivity index (χ4v) is 4.15. The van der Waals surface area contributed by atoms with Gasteiger partial charge in [0.15, 0.2) is 5.96 Å². The molecule has 0 aliphatic carbocycles. The highest BCUT2D eigenvalue weighted by Crippen LogP contribution is 2.28. The molecule has 0 spiro atoms. The van der Waals surface area contributed by atoms with Crippen LogP contribution in [0.1, 0.15) is 44.7 Å². The van der Waals surface area contributed by atoms with Crippen LogP contribution in [0.15, 0.2) is 29.3 Å². The second-order valence-corrected chi connectivity index (χ2v) is 9.26. The van der Waals surface area contributed by atoms with Crippen molar-refractivity contribution in [3.63, 3.8) is 0 Å². The van der Waals surface area contributed by atoms with Gasteiger partial charge in [0, 0.05) is 39.3 Å². The van der Waals surface area contributed by atoms with Gasteiger partial charge in [-0.15, -0.1) is 0 Å². The van der Waals surface area contributed by atoms with E-state index in [9.17, 15) is 0 Å². The van der Waals surface area contributed by atoms with Gasteiger partial charge in [-0.2, -0.15) is 0 Å². The molecule has 5 heteroatoms. The highest BCUT2D eigenvalue weighted by molar-refractivity contribution is 5.80. The average molecular weight is 386 g/mol. The SMILES string of the molecule is CCNC(=NCc1ccc(CN2CCCN(C)CC2)cc1)N1CCC(C)(C)C1. The lowest BCUT2D eigenvalue weighted by Gasteiger charge is -2.23. The van der Waals surface area contributed by atoms with Crippen LogP contribution in [-0.4, -0.2) is 73.5 Å². The summed E-state index contributed by atoms with van der Waals surface area (Å²) in [6.07, 6.45) is 2.50. The van der Waals surface area contributed by atoms with Crippen LogP contribution in [0.5, 0.6) is 0 Å². The Morgan fingerprint density at radius 1 is 1.04 bits per heavy atom. The third-order valence-corrected chi connectivity index (χ3v) is 5.96. The van der Waals surface area contributed by atoms with Crippen molar-refractivity contribution in [1.29, 1.82) is 0 Å². The first-order valence-electron chi connectivity index (χ1n) is 11.0.